The molecule has 70 valence electrons. The van der Waals surface area contributed by atoms with E-state index in [1.54, 1.807) is 19.1 Å². The number of rotatable bonds is 4. The average Bonchev–Trinajstić information content (AvgIpc) is 2.14. The van der Waals surface area contributed by atoms with Crippen LogP contribution >= 0.6 is 0 Å². The molecule has 0 radical (unpaired) electrons. The summed E-state index contributed by atoms with van der Waals surface area (Å²) in [5, 5.41) is 0. The molecule has 0 aliphatic heterocycles. The first-order valence-electron chi connectivity index (χ1n) is 4.12. The first kappa shape index (κ1) is 9.71. The van der Waals surface area contributed by atoms with Crippen molar-refractivity contribution in [3.8, 4) is 5.75 Å². The van der Waals surface area contributed by atoms with Crippen molar-refractivity contribution in [3.63, 3.8) is 0 Å². The number of hydrogen-bond donors (Lipinski definition) is 0. The van der Waals surface area contributed by atoms with Gasteiger partial charge in [-0.3, -0.25) is 4.79 Å². The molecule has 0 spiro atoms. The number of halogens is 1. The molecule has 1 aromatic carbocycles. The van der Waals surface area contributed by atoms with Gasteiger partial charge in [0.25, 0.3) is 0 Å². The minimum atomic E-state index is -0.360. The normalized spacial score (nSPS) is 9.69. The van der Waals surface area contributed by atoms with E-state index in [1.807, 2.05) is 0 Å². The third-order valence-corrected chi connectivity index (χ3v) is 1.59. The van der Waals surface area contributed by atoms with E-state index in [0.29, 0.717) is 12.2 Å². The van der Waals surface area contributed by atoms with Crippen LogP contribution in [0.2, 0.25) is 0 Å². The number of ether oxygens (including phenoxy) is 1. The summed E-state index contributed by atoms with van der Waals surface area (Å²) < 4.78 is 17.7. The van der Waals surface area contributed by atoms with E-state index in [0.717, 1.165) is 0 Å². The Kier molecular flexibility index (Phi) is 3.43. The van der Waals surface area contributed by atoms with Gasteiger partial charge in [-0.15, -0.1) is 0 Å². The van der Waals surface area contributed by atoms with Gasteiger partial charge in [0.05, 0.1) is 0 Å². The minimum Gasteiger partial charge on any atom is -0.486 e. The fourth-order valence-corrected chi connectivity index (χ4v) is 0.823. The highest BCUT2D eigenvalue weighted by molar-refractivity contribution is 5.79. The number of carbonyl (C=O) groups excluding carboxylic acids is 1. The second-order valence-corrected chi connectivity index (χ2v) is 2.64. The molecule has 0 aromatic heterocycles. The Labute approximate surface area is 76.3 Å². The molecule has 0 fully saturated rings. The molecule has 0 N–H and O–H groups in total. The van der Waals surface area contributed by atoms with Gasteiger partial charge in [-0.2, -0.15) is 0 Å². The topological polar surface area (TPSA) is 26.3 Å². The lowest BCUT2D eigenvalue weighted by Crippen LogP contribution is -2.09. The zero-order valence-electron chi connectivity index (χ0n) is 7.42. The quantitative estimate of drug-likeness (QED) is 0.713. The third kappa shape index (κ3) is 3.23. The summed E-state index contributed by atoms with van der Waals surface area (Å²) in [6.45, 7) is 1.78. The Morgan fingerprint density at radius 2 is 2.31 bits per heavy atom. The van der Waals surface area contributed by atoms with E-state index >= 15 is 0 Å². The lowest BCUT2D eigenvalue weighted by Gasteiger charge is -2.03. The number of hydrogen-bond acceptors (Lipinski definition) is 2. The molecular weight excluding hydrogens is 171 g/mol. The van der Waals surface area contributed by atoms with Crippen molar-refractivity contribution in [2.75, 3.05) is 6.61 Å². The second-order valence-electron chi connectivity index (χ2n) is 2.64. The maximum absolute atomic E-state index is 12.6. The molecule has 3 heteroatoms. The van der Waals surface area contributed by atoms with Crippen LogP contribution in [0.1, 0.15) is 13.3 Å². The molecule has 1 rings (SSSR count). The van der Waals surface area contributed by atoms with Crippen LogP contribution in [0.3, 0.4) is 0 Å². The molecule has 0 aliphatic rings. The first-order valence-corrected chi connectivity index (χ1v) is 4.12. The van der Waals surface area contributed by atoms with Gasteiger partial charge >= 0.3 is 0 Å². The molecule has 0 saturated carbocycles. The maximum Gasteiger partial charge on any atom is 0.169 e. The number of benzene rings is 1. The molecule has 0 bridgehead atoms. The Bertz CT molecular complexity index is 297. The van der Waals surface area contributed by atoms with Crippen LogP contribution < -0.4 is 4.74 Å². The number of ketones is 1. The summed E-state index contributed by atoms with van der Waals surface area (Å²) >= 11 is 0. The highest BCUT2D eigenvalue weighted by atomic mass is 19.1. The van der Waals surface area contributed by atoms with Crippen molar-refractivity contribution < 1.29 is 13.9 Å². The van der Waals surface area contributed by atoms with Crippen molar-refractivity contribution in [1.82, 2.24) is 0 Å². The zero-order valence-corrected chi connectivity index (χ0v) is 7.42. The van der Waals surface area contributed by atoms with Crippen molar-refractivity contribution in [1.29, 1.82) is 0 Å². The zero-order chi connectivity index (χ0) is 9.68. The second kappa shape index (κ2) is 4.60. The summed E-state index contributed by atoms with van der Waals surface area (Å²) in [7, 11) is 0. The van der Waals surface area contributed by atoms with Crippen molar-refractivity contribution in [2.45, 2.75) is 13.3 Å². The largest absolute Gasteiger partial charge is 0.486 e. The van der Waals surface area contributed by atoms with E-state index in [4.69, 9.17) is 4.74 Å². The van der Waals surface area contributed by atoms with Gasteiger partial charge < -0.3 is 4.74 Å². The van der Waals surface area contributed by atoms with Crippen molar-refractivity contribution >= 4 is 5.78 Å². The van der Waals surface area contributed by atoms with Crippen LogP contribution in [0.4, 0.5) is 4.39 Å². The fourth-order valence-electron chi connectivity index (χ4n) is 0.823. The highest BCUT2D eigenvalue weighted by Gasteiger charge is 2.00. The Morgan fingerprint density at radius 1 is 1.54 bits per heavy atom. The van der Waals surface area contributed by atoms with Crippen LogP contribution in [0.15, 0.2) is 24.3 Å². The standard InChI is InChI=1S/C10H11FO2/c1-2-9(12)7-13-10-5-3-4-8(11)6-10/h3-6H,2,7H2,1H3. The first-order chi connectivity index (χ1) is 6.22. The van der Waals surface area contributed by atoms with E-state index in [9.17, 15) is 9.18 Å². The number of carbonyl (C=O) groups is 1. The fraction of sp³-hybridized carbons (Fsp3) is 0.300. The van der Waals surface area contributed by atoms with E-state index in [1.165, 1.54) is 12.1 Å². The lowest BCUT2D eigenvalue weighted by molar-refractivity contribution is -0.120. The van der Waals surface area contributed by atoms with Gasteiger partial charge in [-0.05, 0) is 12.1 Å². The molecule has 1 aromatic rings. The molecule has 0 unspecified atom stereocenters. The maximum atomic E-state index is 12.6. The van der Waals surface area contributed by atoms with Crippen LogP contribution in [-0.2, 0) is 4.79 Å². The monoisotopic (exact) mass is 182 g/mol. The van der Waals surface area contributed by atoms with Crippen LogP contribution in [-0.4, -0.2) is 12.4 Å². The molecule has 0 aliphatic carbocycles. The van der Waals surface area contributed by atoms with Gasteiger partial charge in [0.2, 0.25) is 0 Å². The predicted octanol–water partition coefficient (Wildman–Crippen LogP) is 2.18. The molecule has 0 saturated heterocycles. The van der Waals surface area contributed by atoms with Gasteiger partial charge in [0.1, 0.15) is 18.2 Å². The molecule has 13 heavy (non-hydrogen) atoms. The van der Waals surface area contributed by atoms with Gasteiger partial charge in [0, 0.05) is 12.5 Å². The smallest absolute Gasteiger partial charge is 0.169 e. The molecule has 0 atom stereocenters. The van der Waals surface area contributed by atoms with E-state index < -0.39 is 0 Å². The van der Waals surface area contributed by atoms with Crippen LogP contribution in [0, 0.1) is 5.82 Å². The minimum absolute atomic E-state index is 0.00395. The Balaban J connectivity index is 2.50. The van der Waals surface area contributed by atoms with Gasteiger partial charge in [-0.1, -0.05) is 13.0 Å². The van der Waals surface area contributed by atoms with Crippen molar-refractivity contribution in [2.24, 2.45) is 0 Å². The average molecular weight is 182 g/mol. The summed E-state index contributed by atoms with van der Waals surface area (Å²) in [5.41, 5.74) is 0. The van der Waals surface area contributed by atoms with Gasteiger partial charge in [0.15, 0.2) is 5.78 Å². The predicted molar refractivity (Wildman–Crippen MR) is 47.2 cm³/mol. The Hall–Kier alpha value is -1.38. The third-order valence-electron chi connectivity index (χ3n) is 1.59. The molecule has 2 nitrogen and oxygen atoms in total. The van der Waals surface area contributed by atoms with Crippen LogP contribution in [0.25, 0.3) is 0 Å². The van der Waals surface area contributed by atoms with Gasteiger partial charge in [-0.25, -0.2) is 4.39 Å². The molecular formula is C10H11FO2. The summed E-state index contributed by atoms with van der Waals surface area (Å²) in [5.74, 6) is 0.0347. The summed E-state index contributed by atoms with van der Waals surface area (Å²) in [6.07, 6.45) is 0.440. The molecule has 0 heterocycles. The number of Topliss-reactive ketones (excluding diaryl/α,β-unsaturated/α-hetero) is 1. The van der Waals surface area contributed by atoms with E-state index in [-0.39, 0.29) is 18.2 Å². The Morgan fingerprint density at radius 3 is 2.92 bits per heavy atom. The SMILES string of the molecule is CCC(=O)COc1cccc(F)c1. The van der Waals surface area contributed by atoms with E-state index in [2.05, 4.69) is 0 Å². The lowest BCUT2D eigenvalue weighted by atomic mass is 10.3. The highest BCUT2D eigenvalue weighted by Crippen LogP contribution is 2.11. The van der Waals surface area contributed by atoms with Crippen molar-refractivity contribution in [3.05, 3.63) is 30.1 Å². The van der Waals surface area contributed by atoms with Crippen LogP contribution in [0.5, 0.6) is 5.75 Å². The summed E-state index contributed by atoms with van der Waals surface area (Å²) in [6, 6.07) is 5.74. The summed E-state index contributed by atoms with van der Waals surface area (Å²) in [4.78, 5) is 10.9. The molecule has 0 amide bonds.